The molecule has 1 amide bonds. The Hall–Kier alpha value is -1.79. The summed E-state index contributed by atoms with van der Waals surface area (Å²) in [4.78, 5) is 19.4. The number of benzene rings is 1. The third-order valence-electron chi connectivity index (χ3n) is 4.71. The van der Waals surface area contributed by atoms with Crippen molar-refractivity contribution in [1.82, 2.24) is 9.88 Å². The topological polar surface area (TPSA) is 59.2 Å². The van der Waals surface area contributed by atoms with Crippen molar-refractivity contribution >= 4 is 17.2 Å². The lowest BCUT2D eigenvalue weighted by Gasteiger charge is -2.28. The molecule has 4 nitrogen and oxygen atoms in total. The Balaban J connectivity index is 1.71. The molecular formula is C19H24FN3OS. The van der Waals surface area contributed by atoms with E-state index >= 15 is 0 Å². The number of nitrogens with two attached hydrogens (primary N) is 1. The Morgan fingerprint density at radius 1 is 1.24 bits per heavy atom. The summed E-state index contributed by atoms with van der Waals surface area (Å²) < 4.78 is 13.1. The second-order valence-corrected chi connectivity index (χ2v) is 7.42. The van der Waals surface area contributed by atoms with Gasteiger partial charge in [-0.2, -0.15) is 0 Å². The summed E-state index contributed by atoms with van der Waals surface area (Å²) in [6.45, 7) is 1.18. The van der Waals surface area contributed by atoms with Crippen LogP contribution >= 0.6 is 11.3 Å². The van der Waals surface area contributed by atoms with Gasteiger partial charge in [0.05, 0.1) is 5.01 Å². The van der Waals surface area contributed by atoms with Crippen molar-refractivity contribution in [2.24, 2.45) is 5.73 Å². The lowest BCUT2D eigenvalue weighted by Crippen LogP contribution is -2.40. The van der Waals surface area contributed by atoms with Crippen molar-refractivity contribution in [1.29, 1.82) is 0 Å². The summed E-state index contributed by atoms with van der Waals surface area (Å²) in [6, 6.07) is 6.80. The van der Waals surface area contributed by atoms with E-state index in [-0.39, 0.29) is 17.8 Å². The van der Waals surface area contributed by atoms with E-state index in [9.17, 15) is 9.18 Å². The summed E-state index contributed by atoms with van der Waals surface area (Å²) >= 11 is 1.50. The van der Waals surface area contributed by atoms with Crippen LogP contribution in [0.25, 0.3) is 0 Å². The molecule has 1 heterocycles. The van der Waals surface area contributed by atoms with Gasteiger partial charge in [0.2, 0.25) is 0 Å². The number of rotatable bonds is 7. The summed E-state index contributed by atoms with van der Waals surface area (Å²) in [7, 11) is 0. The first-order valence-corrected chi connectivity index (χ1v) is 9.75. The van der Waals surface area contributed by atoms with E-state index < -0.39 is 0 Å². The molecule has 134 valence electrons. The number of nitrogens with zero attached hydrogens (tertiary/aromatic N) is 2. The molecule has 0 atom stereocenters. The normalized spacial score (nSPS) is 14.8. The molecule has 3 rings (SSSR count). The smallest absolute Gasteiger partial charge is 0.273 e. The monoisotopic (exact) mass is 361 g/mol. The minimum atomic E-state index is -0.234. The van der Waals surface area contributed by atoms with Crippen LogP contribution < -0.4 is 5.73 Å². The van der Waals surface area contributed by atoms with Crippen molar-refractivity contribution in [3.05, 3.63) is 51.7 Å². The number of aromatic nitrogens is 1. The molecule has 0 saturated heterocycles. The van der Waals surface area contributed by atoms with Gasteiger partial charge >= 0.3 is 0 Å². The van der Waals surface area contributed by atoms with Crippen LogP contribution in [0.1, 0.15) is 46.7 Å². The maximum Gasteiger partial charge on any atom is 0.273 e. The van der Waals surface area contributed by atoms with Crippen LogP contribution in [0.15, 0.2) is 29.6 Å². The molecule has 0 aliphatic heterocycles. The van der Waals surface area contributed by atoms with Gasteiger partial charge in [-0.25, -0.2) is 9.37 Å². The molecule has 0 radical (unpaired) electrons. The standard InChI is InChI=1S/C19H24FN3OS/c20-15-7-5-14(6-8-15)10-12-23(16-3-1-2-4-16)19(24)17-13-25-18(22-17)9-11-21/h5-8,13,16H,1-4,9-12,21H2. The zero-order valence-electron chi connectivity index (χ0n) is 14.3. The van der Waals surface area contributed by atoms with Gasteiger partial charge in [0.15, 0.2) is 0 Å². The summed E-state index contributed by atoms with van der Waals surface area (Å²) in [5.41, 5.74) is 7.14. The Labute approximate surface area is 151 Å². The number of hydrogen-bond donors (Lipinski definition) is 1. The van der Waals surface area contributed by atoms with Crippen molar-refractivity contribution in [3.8, 4) is 0 Å². The molecule has 6 heteroatoms. The highest BCUT2D eigenvalue weighted by Gasteiger charge is 2.28. The molecule has 2 N–H and O–H groups in total. The lowest BCUT2D eigenvalue weighted by atomic mass is 10.1. The number of hydrogen-bond acceptors (Lipinski definition) is 4. The molecule has 1 aromatic carbocycles. The van der Waals surface area contributed by atoms with Crippen LogP contribution in [-0.4, -0.2) is 34.9 Å². The van der Waals surface area contributed by atoms with Crippen LogP contribution in [0, 0.1) is 5.82 Å². The molecule has 0 spiro atoms. The average molecular weight is 361 g/mol. The fourth-order valence-corrected chi connectivity index (χ4v) is 4.15. The van der Waals surface area contributed by atoms with E-state index in [1.165, 1.54) is 36.3 Å². The van der Waals surface area contributed by atoms with Crippen LogP contribution in [0.4, 0.5) is 4.39 Å². The van der Waals surface area contributed by atoms with Crippen LogP contribution in [0.3, 0.4) is 0 Å². The predicted molar refractivity (Wildman–Crippen MR) is 98.3 cm³/mol. The van der Waals surface area contributed by atoms with E-state index in [1.54, 1.807) is 12.1 Å². The Bertz CT molecular complexity index is 695. The molecule has 0 bridgehead atoms. The van der Waals surface area contributed by atoms with Gasteiger partial charge in [0, 0.05) is 24.4 Å². The fraction of sp³-hybridized carbons (Fsp3) is 0.474. The first kappa shape index (κ1) is 18.0. The summed E-state index contributed by atoms with van der Waals surface area (Å²) in [5, 5.41) is 2.75. The van der Waals surface area contributed by atoms with Crippen molar-refractivity contribution in [2.45, 2.75) is 44.6 Å². The SMILES string of the molecule is NCCc1nc(C(=O)N(CCc2ccc(F)cc2)C2CCCC2)cs1. The minimum Gasteiger partial charge on any atom is -0.334 e. The van der Waals surface area contributed by atoms with Gasteiger partial charge in [0.25, 0.3) is 5.91 Å². The van der Waals surface area contributed by atoms with E-state index in [1.807, 2.05) is 10.3 Å². The molecule has 2 aromatic rings. The third-order valence-corrected chi connectivity index (χ3v) is 5.62. The third kappa shape index (κ3) is 4.64. The highest BCUT2D eigenvalue weighted by atomic mass is 32.1. The van der Waals surface area contributed by atoms with Gasteiger partial charge in [0.1, 0.15) is 11.5 Å². The molecule has 1 aliphatic rings. The first-order valence-electron chi connectivity index (χ1n) is 8.87. The molecular weight excluding hydrogens is 337 g/mol. The van der Waals surface area contributed by atoms with Gasteiger partial charge in [-0.3, -0.25) is 4.79 Å². The summed E-state index contributed by atoms with van der Waals surface area (Å²) in [6.07, 6.45) is 5.87. The van der Waals surface area contributed by atoms with Crippen molar-refractivity contribution < 1.29 is 9.18 Å². The Kier molecular flexibility index (Phi) is 6.15. The zero-order chi connectivity index (χ0) is 17.6. The highest BCUT2D eigenvalue weighted by molar-refractivity contribution is 7.09. The number of carbonyl (C=O) groups is 1. The lowest BCUT2D eigenvalue weighted by molar-refractivity contribution is 0.0678. The predicted octanol–water partition coefficient (Wildman–Crippen LogP) is 3.41. The van der Waals surface area contributed by atoms with Gasteiger partial charge in [-0.1, -0.05) is 25.0 Å². The van der Waals surface area contributed by atoms with E-state index in [4.69, 9.17) is 5.73 Å². The maximum atomic E-state index is 13.1. The number of amides is 1. The van der Waals surface area contributed by atoms with Crippen LogP contribution in [0.5, 0.6) is 0 Å². The largest absolute Gasteiger partial charge is 0.334 e. The average Bonchev–Trinajstić information content (AvgIpc) is 3.29. The molecule has 1 aliphatic carbocycles. The first-order chi connectivity index (χ1) is 12.2. The number of carbonyl (C=O) groups excluding carboxylic acids is 1. The number of halogens is 1. The zero-order valence-corrected chi connectivity index (χ0v) is 15.1. The van der Waals surface area contributed by atoms with Crippen LogP contribution in [0.2, 0.25) is 0 Å². The quantitative estimate of drug-likeness (QED) is 0.822. The highest BCUT2D eigenvalue weighted by Crippen LogP contribution is 2.26. The molecule has 25 heavy (non-hydrogen) atoms. The van der Waals surface area contributed by atoms with Gasteiger partial charge in [-0.05, 0) is 43.5 Å². The molecule has 0 unspecified atom stereocenters. The Morgan fingerprint density at radius 2 is 1.96 bits per heavy atom. The van der Waals surface area contributed by atoms with Crippen molar-refractivity contribution in [3.63, 3.8) is 0 Å². The second-order valence-electron chi connectivity index (χ2n) is 6.48. The molecule has 1 aromatic heterocycles. The fourth-order valence-electron chi connectivity index (χ4n) is 3.36. The Morgan fingerprint density at radius 3 is 2.64 bits per heavy atom. The van der Waals surface area contributed by atoms with E-state index in [0.29, 0.717) is 25.2 Å². The van der Waals surface area contributed by atoms with Crippen molar-refractivity contribution in [2.75, 3.05) is 13.1 Å². The van der Waals surface area contributed by atoms with E-state index in [2.05, 4.69) is 4.98 Å². The number of thiazole rings is 1. The van der Waals surface area contributed by atoms with Crippen LogP contribution in [-0.2, 0) is 12.8 Å². The summed E-state index contributed by atoms with van der Waals surface area (Å²) in [5.74, 6) is -0.226. The van der Waals surface area contributed by atoms with Gasteiger partial charge < -0.3 is 10.6 Å². The molecule has 1 saturated carbocycles. The van der Waals surface area contributed by atoms with E-state index in [0.717, 1.165) is 29.8 Å². The second kappa shape index (κ2) is 8.54. The molecule has 1 fully saturated rings. The minimum absolute atomic E-state index is 0.00790. The maximum absolute atomic E-state index is 13.1. The van der Waals surface area contributed by atoms with Gasteiger partial charge in [-0.15, -0.1) is 11.3 Å².